The second-order valence-corrected chi connectivity index (χ2v) is 17.6. The molecule has 2 aliphatic heterocycles. The Hall–Kier alpha value is -6.18. The predicted molar refractivity (Wildman–Crippen MR) is 225 cm³/mol. The molecule has 4 heterocycles. The molecule has 5 aromatic rings. The van der Waals surface area contributed by atoms with Crippen LogP contribution in [0.25, 0.3) is 44.5 Å². The Morgan fingerprint density at radius 1 is 0.633 bits per heavy atom. The molecule has 0 unspecified atom stereocenters. The van der Waals surface area contributed by atoms with Gasteiger partial charge in [0.15, 0.2) is 0 Å². The number of nitrogens with one attached hydrogen (secondary N) is 4. The average Bonchev–Trinajstić information content (AvgIpc) is 3.83. The summed E-state index contributed by atoms with van der Waals surface area (Å²) in [5.41, 5.74) is 5.90. The molecule has 3 aromatic carbocycles. The number of piperidine rings is 2. The summed E-state index contributed by atoms with van der Waals surface area (Å²) in [5.74, 6) is 2.03. The molecule has 4 N–H and O–H groups in total. The largest absolute Gasteiger partial charge is 0.453 e. The first kappa shape index (κ1) is 39.3. The molecule has 8 atom stereocenters. The molecule has 0 bridgehead atoms. The molecule has 4 fully saturated rings. The number of carbonyl (C=O) groups is 4. The molecule has 14 nitrogen and oxygen atoms in total. The molecule has 0 radical (unpaired) electrons. The van der Waals surface area contributed by atoms with Crippen molar-refractivity contribution in [3.05, 3.63) is 84.6 Å². The topological polar surface area (TPSA) is 175 Å². The fourth-order valence-electron chi connectivity index (χ4n) is 9.51. The molecule has 4 aliphatic rings. The number of carbonyl (C=O) groups excluding carboxylic acids is 4. The van der Waals surface area contributed by atoms with Gasteiger partial charge in [-0.05, 0) is 83.4 Å². The lowest BCUT2D eigenvalue weighted by atomic mass is 9.98. The zero-order valence-corrected chi connectivity index (χ0v) is 34.8. The lowest BCUT2D eigenvalue weighted by molar-refractivity contribution is -0.137. The lowest BCUT2D eigenvalue weighted by Gasteiger charge is -2.32. The maximum absolute atomic E-state index is 13.8. The first-order valence-corrected chi connectivity index (χ1v) is 21.0. The van der Waals surface area contributed by atoms with Crippen LogP contribution in [-0.4, -0.2) is 92.1 Å². The van der Waals surface area contributed by atoms with Gasteiger partial charge in [0.05, 0.1) is 50.1 Å². The summed E-state index contributed by atoms with van der Waals surface area (Å²) in [5, 5.41) is 7.69. The summed E-state index contributed by atoms with van der Waals surface area (Å²) >= 11 is 0. The molecule has 9 rings (SSSR count). The third-order valence-corrected chi connectivity index (χ3v) is 13.0. The zero-order chi connectivity index (χ0) is 42.0. The Morgan fingerprint density at radius 2 is 1.15 bits per heavy atom. The summed E-state index contributed by atoms with van der Waals surface area (Å²) < 4.78 is 9.61. The van der Waals surface area contributed by atoms with Crippen molar-refractivity contribution in [1.82, 2.24) is 40.4 Å². The third kappa shape index (κ3) is 7.26. The summed E-state index contributed by atoms with van der Waals surface area (Å²) in [6, 6.07) is 19.8. The van der Waals surface area contributed by atoms with E-state index in [1.807, 2.05) is 49.9 Å². The highest BCUT2D eigenvalue weighted by atomic mass is 16.5. The number of aromatic nitrogens is 4. The van der Waals surface area contributed by atoms with Crippen LogP contribution in [0.1, 0.15) is 77.0 Å². The number of hydrogen-bond donors (Lipinski definition) is 4. The van der Waals surface area contributed by atoms with Gasteiger partial charge in [0.25, 0.3) is 0 Å². The van der Waals surface area contributed by atoms with Gasteiger partial charge in [-0.25, -0.2) is 19.6 Å². The highest BCUT2D eigenvalue weighted by Gasteiger charge is 2.57. The quantitative estimate of drug-likeness (QED) is 0.107. The molecule has 4 amide bonds. The number of benzene rings is 3. The fraction of sp³-hybridized carbons (Fsp3) is 0.435. The van der Waals surface area contributed by atoms with Gasteiger partial charge in [0.2, 0.25) is 11.8 Å². The summed E-state index contributed by atoms with van der Waals surface area (Å²) in [6.07, 6.45) is 6.13. The number of rotatable bonds is 11. The molecule has 0 spiro atoms. The maximum Gasteiger partial charge on any atom is 0.407 e. The summed E-state index contributed by atoms with van der Waals surface area (Å²) in [6.45, 7) is 7.70. The van der Waals surface area contributed by atoms with Crippen LogP contribution in [0.3, 0.4) is 0 Å². The van der Waals surface area contributed by atoms with Gasteiger partial charge in [0, 0.05) is 23.2 Å². The normalized spacial score (nSPS) is 23.6. The standard InChI is InChI=1S/C46H52N8O6/c1-23(2)39(51-45(57)59-5)43(55)53-35-17-31(35)19-37(53)34-22-47-41(50-34)26-9-7-25(8-10-26)27-11-12-29-16-30(14-13-28(29)15-27)33-21-48-42(49-33)38-20-32-18-36(32)54(38)44(56)40(24(3)4)52-46(58)60-6/h7-16,21-24,31-32,35-40H,17-20H2,1-6H3,(H,47,50)(H,48,49)(H,51,57)(H,52,58)/t31-,32-,35-,36-,37-,38-,39-,40-/m0/s1. The predicted octanol–water partition coefficient (Wildman–Crippen LogP) is 7.37. The van der Waals surface area contributed by atoms with Gasteiger partial charge >= 0.3 is 12.2 Å². The van der Waals surface area contributed by atoms with Crippen molar-refractivity contribution in [3.63, 3.8) is 0 Å². The number of amides is 4. The fourth-order valence-corrected chi connectivity index (χ4v) is 9.51. The van der Waals surface area contributed by atoms with E-state index < -0.39 is 24.3 Å². The van der Waals surface area contributed by atoms with E-state index in [0.29, 0.717) is 11.8 Å². The lowest BCUT2D eigenvalue weighted by Crippen LogP contribution is -2.52. The van der Waals surface area contributed by atoms with E-state index in [1.54, 1.807) is 0 Å². The Labute approximate surface area is 348 Å². The van der Waals surface area contributed by atoms with Crippen LogP contribution < -0.4 is 10.6 Å². The van der Waals surface area contributed by atoms with Crippen LogP contribution in [0, 0.1) is 23.7 Å². The second-order valence-electron chi connectivity index (χ2n) is 17.6. The third-order valence-electron chi connectivity index (χ3n) is 13.0. The van der Waals surface area contributed by atoms with Gasteiger partial charge < -0.3 is 39.9 Å². The van der Waals surface area contributed by atoms with E-state index in [2.05, 4.69) is 81.3 Å². The molecule has 2 aliphatic carbocycles. The van der Waals surface area contributed by atoms with Gasteiger partial charge in [-0.3, -0.25) is 9.59 Å². The van der Waals surface area contributed by atoms with Gasteiger partial charge in [-0.1, -0.05) is 76.2 Å². The Kier molecular flexibility index (Phi) is 10.1. The number of likely N-dealkylation sites (tertiary alicyclic amines) is 2. The number of ether oxygens (including phenoxy) is 2. The van der Waals surface area contributed by atoms with Crippen LogP contribution in [0.4, 0.5) is 9.59 Å². The van der Waals surface area contributed by atoms with E-state index in [0.717, 1.165) is 81.7 Å². The minimum Gasteiger partial charge on any atom is -0.453 e. The van der Waals surface area contributed by atoms with Crippen molar-refractivity contribution in [3.8, 4) is 33.8 Å². The SMILES string of the molecule is COC(=O)N[C@H](C(=O)N1[C@H](c2cnc(-c3ccc(-c4ccc5cc(-c6cnc([C@@H]7C[C@@H]8C[C@@H]8N7C(=O)[C@@H](NC(=O)OC)C(C)C)[nH]6)ccc5c4)cc3)[nH]2)C[C@@H]2C[C@@H]21)C(C)C. The van der Waals surface area contributed by atoms with Crippen molar-refractivity contribution in [2.75, 3.05) is 14.2 Å². The highest BCUT2D eigenvalue weighted by Crippen LogP contribution is 2.54. The van der Waals surface area contributed by atoms with E-state index in [4.69, 9.17) is 19.4 Å². The number of alkyl carbamates (subject to hydrolysis) is 2. The number of H-pyrrole nitrogens is 2. The van der Waals surface area contributed by atoms with Crippen molar-refractivity contribution < 1.29 is 28.7 Å². The van der Waals surface area contributed by atoms with Crippen LogP contribution >= 0.6 is 0 Å². The molecule has 14 heteroatoms. The second kappa shape index (κ2) is 15.4. The number of nitrogens with zero attached hydrogens (tertiary/aromatic N) is 4. The molecule has 2 aromatic heterocycles. The van der Waals surface area contributed by atoms with Gasteiger partial charge in [-0.2, -0.15) is 0 Å². The maximum atomic E-state index is 13.8. The van der Waals surface area contributed by atoms with Crippen molar-refractivity contribution in [1.29, 1.82) is 0 Å². The number of aromatic amines is 2. The Morgan fingerprint density at radius 3 is 1.73 bits per heavy atom. The summed E-state index contributed by atoms with van der Waals surface area (Å²) in [4.78, 5) is 72.2. The first-order valence-electron chi connectivity index (χ1n) is 21.0. The zero-order valence-electron chi connectivity index (χ0n) is 34.8. The van der Waals surface area contributed by atoms with Crippen molar-refractivity contribution in [2.45, 2.75) is 89.6 Å². The Bertz CT molecular complexity index is 2460. The molecule has 2 saturated heterocycles. The number of imidazole rings is 2. The number of fused-ring (bicyclic) bond motifs is 3. The van der Waals surface area contributed by atoms with E-state index in [9.17, 15) is 19.2 Å². The van der Waals surface area contributed by atoms with Gasteiger partial charge in [0.1, 0.15) is 23.7 Å². The van der Waals surface area contributed by atoms with E-state index in [-0.39, 0.29) is 47.8 Å². The molecule has 312 valence electrons. The van der Waals surface area contributed by atoms with E-state index >= 15 is 0 Å². The van der Waals surface area contributed by atoms with Crippen LogP contribution in [0.5, 0.6) is 0 Å². The molecule has 2 saturated carbocycles. The number of hydrogen-bond acceptors (Lipinski definition) is 8. The minimum absolute atomic E-state index is 0.0853. The monoisotopic (exact) mass is 812 g/mol. The molecular formula is C46H52N8O6. The first-order chi connectivity index (χ1) is 28.9. The average molecular weight is 813 g/mol. The van der Waals surface area contributed by atoms with E-state index in [1.165, 1.54) is 14.2 Å². The minimum atomic E-state index is -0.678. The Balaban J connectivity index is 0.880. The highest BCUT2D eigenvalue weighted by molar-refractivity contribution is 5.91. The smallest absolute Gasteiger partial charge is 0.407 e. The molecule has 60 heavy (non-hydrogen) atoms. The van der Waals surface area contributed by atoms with Gasteiger partial charge in [-0.15, -0.1) is 0 Å². The van der Waals surface area contributed by atoms with Crippen molar-refractivity contribution in [2.24, 2.45) is 23.7 Å². The van der Waals surface area contributed by atoms with Crippen LogP contribution in [-0.2, 0) is 19.1 Å². The van der Waals surface area contributed by atoms with Crippen LogP contribution in [0.2, 0.25) is 0 Å². The number of methoxy groups -OCH3 is 2. The van der Waals surface area contributed by atoms with Crippen LogP contribution in [0.15, 0.2) is 73.1 Å². The summed E-state index contributed by atoms with van der Waals surface area (Å²) in [7, 11) is 2.61. The molecular weight excluding hydrogens is 761 g/mol. The van der Waals surface area contributed by atoms with Crippen molar-refractivity contribution >= 4 is 34.8 Å².